The first-order valence-corrected chi connectivity index (χ1v) is 7.35. The van der Waals surface area contributed by atoms with E-state index in [1.807, 2.05) is 31.2 Å². The fourth-order valence-corrected chi connectivity index (χ4v) is 2.34. The van der Waals surface area contributed by atoms with Crippen LogP contribution in [0.3, 0.4) is 0 Å². The number of carboxylic acid groups (broad SMARTS) is 1. The predicted octanol–water partition coefficient (Wildman–Crippen LogP) is 4.85. The summed E-state index contributed by atoms with van der Waals surface area (Å²) in [5.74, 6) is -1.54. The molecule has 0 radical (unpaired) electrons. The third kappa shape index (κ3) is 3.82. The van der Waals surface area contributed by atoms with Gasteiger partial charge in [-0.3, -0.25) is 0 Å². The van der Waals surface area contributed by atoms with Gasteiger partial charge in [-0.25, -0.2) is 9.18 Å². The highest BCUT2D eigenvalue weighted by molar-refractivity contribution is 9.10. The molecular formula is C16H15BrFNO2. The van der Waals surface area contributed by atoms with Crippen molar-refractivity contribution < 1.29 is 14.3 Å². The van der Waals surface area contributed by atoms with E-state index in [0.29, 0.717) is 0 Å². The molecule has 5 heteroatoms. The topological polar surface area (TPSA) is 49.3 Å². The number of halogens is 2. The highest BCUT2D eigenvalue weighted by Gasteiger charge is 2.13. The number of anilines is 1. The number of nitrogens with one attached hydrogen (secondary N) is 1. The van der Waals surface area contributed by atoms with Gasteiger partial charge in [-0.05, 0) is 42.3 Å². The molecule has 0 amide bonds. The first kappa shape index (κ1) is 15.5. The van der Waals surface area contributed by atoms with E-state index in [0.717, 1.165) is 16.5 Å². The van der Waals surface area contributed by atoms with E-state index in [9.17, 15) is 9.18 Å². The maximum absolute atomic E-state index is 13.8. The molecule has 0 bridgehead atoms. The molecule has 0 fully saturated rings. The number of carbonyl (C=O) groups is 1. The van der Waals surface area contributed by atoms with E-state index in [1.165, 1.54) is 18.2 Å². The second kappa shape index (κ2) is 6.72. The zero-order chi connectivity index (χ0) is 15.4. The lowest BCUT2D eigenvalue weighted by molar-refractivity contribution is 0.0697. The summed E-state index contributed by atoms with van der Waals surface area (Å²) in [6.45, 7) is 1.98. The first-order valence-electron chi connectivity index (χ1n) is 6.56. The maximum atomic E-state index is 13.8. The summed E-state index contributed by atoms with van der Waals surface area (Å²) >= 11 is 3.37. The van der Waals surface area contributed by atoms with Crippen LogP contribution in [0.15, 0.2) is 46.9 Å². The lowest BCUT2D eigenvalue weighted by Gasteiger charge is -2.19. The molecule has 0 aliphatic heterocycles. The summed E-state index contributed by atoms with van der Waals surface area (Å²) < 4.78 is 14.8. The number of rotatable bonds is 5. The summed E-state index contributed by atoms with van der Waals surface area (Å²) in [5.41, 5.74) is 1.27. The van der Waals surface area contributed by atoms with E-state index in [-0.39, 0.29) is 17.3 Å². The SMILES string of the molecule is CCC(Nc1cc(C(=O)O)ccc1F)c1ccc(Br)cc1. The van der Waals surface area contributed by atoms with Crippen LogP contribution in [0.2, 0.25) is 0 Å². The largest absolute Gasteiger partial charge is 0.478 e. The van der Waals surface area contributed by atoms with Gasteiger partial charge in [0.1, 0.15) is 5.82 Å². The van der Waals surface area contributed by atoms with Crippen molar-refractivity contribution in [3.8, 4) is 0 Å². The van der Waals surface area contributed by atoms with Gasteiger partial charge in [0.15, 0.2) is 0 Å². The number of benzene rings is 2. The second-order valence-corrected chi connectivity index (χ2v) is 5.57. The minimum absolute atomic E-state index is 0.0598. The lowest BCUT2D eigenvalue weighted by Crippen LogP contribution is -2.11. The molecule has 1 unspecified atom stereocenters. The Morgan fingerprint density at radius 3 is 2.52 bits per heavy atom. The summed E-state index contributed by atoms with van der Waals surface area (Å²) in [6.07, 6.45) is 0.748. The van der Waals surface area contributed by atoms with Gasteiger partial charge in [0.2, 0.25) is 0 Å². The van der Waals surface area contributed by atoms with Gasteiger partial charge in [-0.2, -0.15) is 0 Å². The van der Waals surface area contributed by atoms with Crippen LogP contribution in [0.1, 0.15) is 35.3 Å². The average molecular weight is 352 g/mol. The van der Waals surface area contributed by atoms with E-state index in [1.54, 1.807) is 0 Å². The normalized spacial score (nSPS) is 12.0. The maximum Gasteiger partial charge on any atom is 0.335 e. The fraction of sp³-hybridized carbons (Fsp3) is 0.188. The van der Waals surface area contributed by atoms with Crippen molar-refractivity contribution in [2.24, 2.45) is 0 Å². The first-order chi connectivity index (χ1) is 10.0. The Morgan fingerprint density at radius 2 is 1.95 bits per heavy atom. The summed E-state index contributed by atoms with van der Waals surface area (Å²) in [5, 5.41) is 12.1. The number of carboxylic acids is 1. The van der Waals surface area contributed by atoms with Crippen molar-refractivity contribution in [3.05, 3.63) is 63.9 Å². The third-order valence-electron chi connectivity index (χ3n) is 3.22. The van der Waals surface area contributed by atoms with Crippen LogP contribution >= 0.6 is 15.9 Å². The molecule has 1 atom stereocenters. The molecule has 0 aromatic heterocycles. The monoisotopic (exact) mass is 351 g/mol. The molecule has 2 aromatic rings. The standard InChI is InChI=1S/C16H15BrFNO2/c1-2-14(10-3-6-12(17)7-4-10)19-15-9-11(16(20)21)5-8-13(15)18/h3-9,14,19H,2H2,1H3,(H,20,21). The molecule has 2 rings (SSSR count). The van der Waals surface area contributed by atoms with Gasteiger partial charge < -0.3 is 10.4 Å². The average Bonchev–Trinajstić information content (AvgIpc) is 2.47. The molecule has 0 aliphatic rings. The molecule has 0 aliphatic carbocycles. The minimum Gasteiger partial charge on any atom is -0.478 e. The second-order valence-electron chi connectivity index (χ2n) is 4.66. The van der Waals surface area contributed by atoms with Crippen molar-refractivity contribution >= 4 is 27.6 Å². The zero-order valence-electron chi connectivity index (χ0n) is 11.4. The van der Waals surface area contributed by atoms with Crippen LogP contribution in [0.5, 0.6) is 0 Å². The van der Waals surface area contributed by atoms with Gasteiger partial charge in [0.05, 0.1) is 17.3 Å². The third-order valence-corrected chi connectivity index (χ3v) is 3.75. The van der Waals surface area contributed by atoms with Gasteiger partial charge in [0.25, 0.3) is 0 Å². The van der Waals surface area contributed by atoms with Crippen LogP contribution in [-0.4, -0.2) is 11.1 Å². The van der Waals surface area contributed by atoms with Gasteiger partial charge in [-0.15, -0.1) is 0 Å². The molecule has 110 valence electrons. The summed E-state index contributed by atoms with van der Waals surface area (Å²) in [7, 11) is 0. The van der Waals surface area contributed by atoms with Crippen molar-refractivity contribution in [3.63, 3.8) is 0 Å². The molecule has 0 heterocycles. The Kier molecular flexibility index (Phi) is 4.96. The van der Waals surface area contributed by atoms with Crippen molar-refractivity contribution in [1.82, 2.24) is 0 Å². The Morgan fingerprint density at radius 1 is 1.29 bits per heavy atom. The molecule has 0 saturated heterocycles. The van der Waals surface area contributed by atoms with Crippen molar-refractivity contribution in [2.75, 3.05) is 5.32 Å². The minimum atomic E-state index is -1.07. The Labute approximate surface area is 130 Å². The summed E-state index contributed by atoms with van der Waals surface area (Å²) in [4.78, 5) is 11.0. The van der Waals surface area contributed by atoms with Crippen LogP contribution in [0.4, 0.5) is 10.1 Å². The van der Waals surface area contributed by atoms with E-state index < -0.39 is 11.8 Å². The highest BCUT2D eigenvalue weighted by Crippen LogP contribution is 2.26. The zero-order valence-corrected chi connectivity index (χ0v) is 13.0. The van der Waals surface area contributed by atoms with Crippen molar-refractivity contribution in [2.45, 2.75) is 19.4 Å². The van der Waals surface area contributed by atoms with Crippen LogP contribution < -0.4 is 5.32 Å². The smallest absolute Gasteiger partial charge is 0.335 e. The summed E-state index contributed by atoms with van der Waals surface area (Å²) in [6, 6.07) is 11.4. The lowest BCUT2D eigenvalue weighted by atomic mass is 10.0. The van der Waals surface area contributed by atoms with Crippen LogP contribution in [0.25, 0.3) is 0 Å². The molecule has 0 saturated carbocycles. The number of hydrogen-bond donors (Lipinski definition) is 2. The van der Waals surface area contributed by atoms with Gasteiger partial charge in [-0.1, -0.05) is 35.0 Å². The van der Waals surface area contributed by atoms with E-state index >= 15 is 0 Å². The van der Waals surface area contributed by atoms with Crippen LogP contribution in [-0.2, 0) is 0 Å². The Balaban J connectivity index is 2.28. The quantitative estimate of drug-likeness (QED) is 0.809. The molecule has 0 spiro atoms. The highest BCUT2D eigenvalue weighted by atomic mass is 79.9. The Hall–Kier alpha value is -1.88. The Bertz CT molecular complexity index is 643. The van der Waals surface area contributed by atoms with Gasteiger partial charge >= 0.3 is 5.97 Å². The molecule has 2 aromatic carbocycles. The number of hydrogen-bond acceptors (Lipinski definition) is 2. The van der Waals surface area contributed by atoms with Crippen molar-refractivity contribution in [1.29, 1.82) is 0 Å². The number of aromatic carboxylic acids is 1. The predicted molar refractivity (Wildman–Crippen MR) is 84.2 cm³/mol. The van der Waals surface area contributed by atoms with Gasteiger partial charge in [0, 0.05) is 4.47 Å². The van der Waals surface area contributed by atoms with Crippen LogP contribution in [0, 0.1) is 5.82 Å². The van der Waals surface area contributed by atoms with E-state index in [2.05, 4.69) is 21.2 Å². The van der Waals surface area contributed by atoms with E-state index in [4.69, 9.17) is 5.11 Å². The fourth-order valence-electron chi connectivity index (χ4n) is 2.07. The molecular weight excluding hydrogens is 337 g/mol. The molecule has 2 N–H and O–H groups in total. The molecule has 3 nitrogen and oxygen atoms in total. The molecule has 21 heavy (non-hydrogen) atoms.